The molecular weight excluding hydrogens is 276 g/mol. The quantitative estimate of drug-likeness (QED) is 0.895. The molecule has 0 fully saturated rings. The highest BCUT2D eigenvalue weighted by Gasteiger charge is 2.43. The van der Waals surface area contributed by atoms with E-state index in [1.54, 1.807) is 13.2 Å². The molecule has 3 heteroatoms. The smallest absolute Gasteiger partial charge is 0.201 e. The summed E-state index contributed by atoms with van der Waals surface area (Å²) in [6.45, 7) is 11.8. The van der Waals surface area contributed by atoms with Crippen LogP contribution in [0, 0.1) is 18.8 Å². The lowest BCUT2D eigenvalue weighted by Gasteiger charge is -2.26. The predicted molar refractivity (Wildman–Crippen MR) is 89.2 cm³/mol. The van der Waals surface area contributed by atoms with E-state index in [1.165, 1.54) is 0 Å². The summed E-state index contributed by atoms with van der Waals surface area (Å²) >= 11 is 0. The number of carbonyl (C=O) groups is 1. The van der Waals surface area contributed by atoms with Gasteiger partial charge in [0.1, 0.15) is 5.75 Å². The molecule has 0 saturated carbocycles. The second kappa shape index (κ2) is 5.99. The fraction of sp³-hybridized carbons (Fsp3) is 0.421. The summed E-state index contributed by atoms with van der Waals surface area (Å²) in [6, 6.07) is 4.02. The molecule has 0 heterocycles. The van der Waals surface area contributed by atoms with Crippen molar-refractivity contribution in [2.24, 2.45) is 11.8 Å². The highest BCUT2D eigenvalue weighted by atomic mass is 16.5. The summed E-state index contributed by atoms with van der Waals surface area (Å²) in [7, 11) is 1.63. The molecule has 1 aliphatic rings. The molecule has 118 valence electrons. The van der Waals surface area contributed by atoms with Crippen LogP contribution in [0.2, 0.25) is 0 Å². The molecule has 0 unspecified atom stereocenters. The zero-order valence-corrected chi connectivity index (χ0v) is 13.9. The van der Waals surface area contributed by atoms with Crippen LogP contribution in [0.5, 0.6) is 5.75 Å². The number of carbonyl (C=O) groups excluding carboxylic acids is 1. The lowest BCUT2D eigenvalue weighted by Crippen LogP contribution is -2.23. The number of ketones is 1. The first-order valence-electron chi connectivity index (χ1n) is 7.58. The van der Waals surface area contributed by atoms with Crippen molar-refractivity contribution < 1.29 is 14.6 Å². The number of benzene rings is 1. The average molecular weight is 300 g/mol. The van der Waals surface area contributed by atoms with Gasteiger partial charge in [-0.1, -0.05) is 32.6 Å². The summed E-state index contributed by atoms with van der Waals surface area (Å²) in [4.78, 5) is 12.4. The van der Waals surface area contributed by atoms with Gasteiger partial charge in [0.15, 0.2) is 5.76 Å². The lowest BCUT2D eigenvalue weighted by molar-refractivity contribution is -0.122. The molecule has 0 spiro atoms. The van der Waals surface area contributed by atoms with E-state index in [0.29, 0.717) is 0 Å². The summed E-state index contributed by atoms with van der Waals surface area (Å²) in [5.74, 6) is 0.270. The summed E-state index contributed by atoms with van der Waals surface area (Å²) in [6.07, 6.45) is 1.76. The SMILES string of the molecule is C=Cc1c(OC)cc(C)cc1[C@@H]1C(C)=C(O)C(=O)[C@H]1C(C)C. The second-order valence-electron chi connectivity index (χ2n) is 6.32. The number of allylic oxidation sites excluding steroid dienone is 2. The van der Waals surface area contributed by atoms with Crippen LogP contribution in [0.3, 0.4) is 0 Å². The van der Waals surface area contributed by atoms with Crippen LogP contribution < -0.4 is 4.74 Å². The summed E-state index contributed by atoms with van der Waals surface area (Å²) in [5, 5.41) is 10.1. The monoisotopic (exact) mass is 300 g/mol. The minimum Gasteiger partial charge on any atom is -0.504 e. The molecular formula is C19H24O3. The van der Waals surface area contributed by atoms with Crippen molar-refractivity contribution in [3.8, 4) is 5.75 Å². The Labute approximate surface area is 132 Å². The molecule has 0 aliphatic heterocycles. The van der Waals surface area contributed by atoms with Gasteiger partial charge >= 0.3 is 0 Å². The molecule has 0 bridgehead atoms. The Morgan fingerprint density at radius 3 is 2.45 bits per heavy atom. The largest absolute Gasteiger partial charge is 0.504 e. The fourth-order valence-electron chi connectivity index (χ4n) is 3.47. The standard InChI is InChI=1S/C19H24O3/c1-7-13-14(8-11(4)9-15(13)22-6)17-12(5)18(20)19(21)16(17)10(2)3/h7-10,16-17,20H,1H2,2-6H3/t16-,17-/m0/s1. The van der Waals surface area contributed by atoms with Crippen LogP contribution in [0.4, 0.5) is 0 Å². The number of hydrogen-bond acceptors (Lipinski definition) is 3. The van der Waals surface area contributed by atoms with Gasteiger partial charge in [0.05, 0.1) is 7.11 Å². The second-order valence-corrected chi connectivity index (χ2v) is 6.32. The maximum atomic E-state index is 12.4. The van der Waals surface area contributed by atoms with Gasteiger partial charge in [-0.05, 0) is 42.5 Å². The Bertz CT molecular complexity index is 653. The fourth-order valence-corrected chi connectivity index (χ4v) is 3.47. The van der Waals surface area contributed by atoms with Gasteiger partial charge in [-0.25, -0.2) is 0 Å². The molecule has 3 nitrogen and oxygen atoms in total. The number of aryl methyl sites for hydroxylation is 1. The molecule has 0 saturated heterocycles. The van der Waals surface area contributed by atoms with Gasteiger partial charge in [0.2, 0.25) is 5.78 Å². The van der Waals surface area contributed by atoms with Crippen LogP contribution in [-0.4, -0.2) is 18.0 Å². The van der Waals surface area contributed by atoms with Crippen molar-refractivity contribution >= 4 is 11.9 Å². The van der Waals surface area contributed by atoms with Crippen molar-refractivity contribution in [1.29, 1.82) is 0 Å². The maximum Gasteiger partial charge on any atom is 0.201 e. The Morgan fingerprint density at radius 2 is 1.95 bits per heavy atom. The van der Waals surface area contributed by atoms with Crippen molar-refractivity contribution in [1.82, 2.24) is 0 Å². The van der Waals surface area contributed by atoms with E-state index in [0.717, 1.165) is 28.0 Å². The van der Waals surface area contributed by atoms with Gasteiger partial charge in [-0.3, -0.25) is 4.79 Å². The number of Topliss-reactive ketones (excluding diaryl/α,β-unsaturated/α-hetero) is 1. The van der Waals surface area contributed by atoms with Crippen LogP contribution in [0.25, 0.3) is 6.08 Å². The zero-order valence-electron chi connectivity index (χ0n) is 13.9. The van der Waals surface area contributed by atoms with Gasteiger partial charge in [0, 0.05) is 17.4 Å². The highest BCUT2D eigenvalue weighted by molar-refractivity contribution is 6.00. The van der Waals surface area contributed by atoms with Gasteiger partial charge in [0.25, 0.3) is 0 Å². The maximum absolute atomic E-state index is 12.4. The summed E-state index contributed by atoms with van der Waals surface area (Å²) in [5.41, 5.74) is 3.69. The van der Waals surface area contributed by atoms with E-state index in [2.05, 4.69) is 12.6 Å². The van der Waals surface area contributed by atoms with Gasteiger partial charge in [-0.15, -0.1) is 0 Å². The first-order valence-corrected chi connectivity index (χ1v) is 7.58. The number of methoxy groups -OCH3 is 1. The Kier molecular flexibility index (Phi) is 4.45. The third kappa shape index (κ3) is 2.45. The number of aliphatic hydroxyl groups excluding tert-OH is 1. The predicted octanol–water partition coefficient (Wildman–Crippen LogP) is 4.42. The molecule has 22 heavy (non-hydrogen) atoms. The first kappa shape index (κ1) is 16.3. The highest BCUT2D eigenvalue weighted by Crippen LogP contribution is 2.47. The van der Waals surface area contributed by atoms with E-state index in [9.17, 15) is 9.90 Å². The molecule has 0 amide bonds. The van der Waals surface area contributed by atoms with Crippen LogP contribution in [-0.2, 0) is 4.79 Å². The van der Waals surface area contributed by atoms with E-state index >= 15 is 0 Å². The van der Waals surface area contributed by atoms with Crippen LogP contribution in [0.1, 0.15) is 43.4 Å². The molecule has 2 atom stereocenters. The lowest BCUT2D eigenvalue weighted by atomic mass is 9.76. The Hall–Kier alpha value is -2.03. The van der Waals surface area contributed by atoms with Crippen molar-refractivity contribution in [2.75, 3.05) is 7.11 Å². The van der Waals surface area contributed by atoms with Crippen molar-refractivity contribution in [2.45, 2.75) is 33.6 Å². The molecule has 1 aromatic rings. The third-order valence-electron chi connectivity index (χ3n) is 4.53. The van der Waals surface area contributed by atoms with E-state index in [-0.39, 0.29) is 29.3 Å². The number of rotatable bonds is 4. The summed E-state index contributed by atoms with van der Waals surface area (Å²) < 4.78 is 5.47. The van der Waals surface area contributed by atoms with E-state index < -0.39 is 0 Å². The van der Waals surface area contributed by atoms with Crippen molar-refractivity contribution in [3.63, 3.8) is 0 Å². The molecule has 1 N–H and O–H groups in total. The van der Waals surface area contributed by atoms with Gasteiger partial charge in [-0.2, -0.15) is 0 Å². The molecule has 1 aliphatic carbocycles. The number of ether oxygens (including phenoxy) is 1. The number of aliphatic hydroxyl groups is 1. The minimum atomic E-state index is -0.245. The van der Waals surface area contributed by atoms with Crippen LogP contribution in [0.15, 0.2) is 30.0 Å². The minimum absolute atomic E-state index is 0.0841. The molecule has 1 aromatic carbocycles. The van der Waals surface area contributed by atoms with Crippen LogP contribution >= 0.6 is 0 Å². The zero-order chi connectivity index (χ0) is 16.6. The average Bonchev–Trinajstić information content (AvgIpc) is 2.70. The Morgan fingerprint density at radius 1 is 1.32 bits per heavy atom. The molecule has 0 aromatic heterocycles. The van der Waals surface area contributed by atoms with Crippen molar-refractivity contribution in [3.05, 3.63) is 46.7 Å². The normalized spacial score (nSPS) is 21.6. The third-order valence-corrected chi connectivity index (χ3v) is 4.53. The van der Waals surface area contributed by atoms with Gasteiger partial charge < -0.3 is 9.84 Å². The van der Waals surface area contributed by atoms with E-state index in [4.69, 9.17) is 4.74 Å². The Balaban J connectivity index is 2.71. The first-order chi connectivity index (χ1) is 10.3. The molecule has 0 radical (unpaired) electrons. The number of hydrogen-bond donors (Lipinski definition) is 1. The van der Waals surface area contributed by atoms with E-state index in [1.807, 2.05) is 33.8 Å². The molecule has 2 rings (SSSR count). The topological polar surface area (TPSA) is 46.5 Å².